The number of allylic oxidation sites excluding steroid dienone is 1. The van der Waals surface area contributed by atoms with E-state index in [-0.39, 0.29) is 52.6 Å². The van der Waals surface area contributed by atoms with Gasteiger partial charge in [-0.05, 0) is 160 Å². The number of ether oxygens (including phenoxy) is 1. The van der Waals surface area contributed by atoms with Gasteiger partial charge in [-0.15, -0.1) is 0 Å². The zero-order chi connectivity index (χ0) is 38.3. The number of carbonyl (C=O) groups is 2. The number of aliphatic carboxylic acids is 1. The first-order chi connectivity index (χ1) is 24.0. The van der Waals surface area contributed by atoms with Crippen LogP contribution in [0.2, 0.25) is 0 Å². The van der Waals surface area contributed by atoms with Gasteiger partial charge in [-0.25, -0.2) is 4.72 Å². The Hall–Kier alpha value is -1.38. The Morgan fingerprint density at radius 1 is 0.923 bits per heavy atom. The van der Waals surface area contributed by atoms with Crippen LogP contribution in [0.4, 0.5) is 0 Å². The van der Waals surface area contributed by atoms with Crippen LogP contribution in [0.3, 0.4) is 0 Å². The van der Waals surface area contributed by atoms with E-state index in [2.05, 4.69) is 63.6 Å². The Morgan fingerprint density at radius 3 is 2.29 bits per heavy atom. The molecule has 12 atom stereocenters. The van der Waals surface area contributed by atoms with Gasteiger partial charge < -0.3 is 14.7 Å². The summed E-state index contributed by atoms with van der Waals surface area (Å²) in [6, 6.07) is 0.277. The fourth-order valence-corrected chi connectivity index (χ4v) is 15.7. The molecule has 5 aliphatic carbocycles. The van der Waals surface area contributed by atoms with Crippen LogP contribution < -0.4 is 4.72 Å². The van der Waals surface area contributed by atoms with Crippen LogP contribution in [0.5, 0.6) is 0 Å². The molecule has 0 radical (unpaired) electrons. The molecule has 1 saturated heterocycles. The predicted octanol–water partition coefficient (Wildman–Crippen LogP) is 8.76. The molecule has 8 heteroatoms. The number of carboxylic acid groups (broad SMARTS) is 1. The number of carbonyl (C=O) groups excluding carboxylic acids is 1. The van der Waals surface area contributed by atoms with Crippen molar-refractivity contribution in [2.75, 3.05) is 25.9 Å². The summed E-state index contributed by atoms with van der Waals surface area (Å²) in [4.78, 5) is 27.3. The van der Waals surface area contributed by atoms with Crippen LogP contribution in [-0.2, 0) is 24.0 Å². The van der Waals surface area contributed by atoms with E-state index in [1.165, 1.54) is 63.4 Å². The average Bonchev–Trinajstić information content (AvgIpc) is 3.61. The maximum Gasteiger partial charge on any atom is 0.306 e. The molecule has 0 bridgehead atoms. The van der Waals surface area contributed by atoms with Crippen molar-refractivity contribution in [3.8, 4) is 0 Å². The SMILES string of the molecule is C=C(C)[C@@H]1CC[C@]2(CCN3CCC(NS(=C)(C)=O)C3)CC[C@]3(C)[C@H](CC[C@@H]4[C@@]5(C)CC[C@H](OC(=O)CC(C)(C)CC(=O)O)C(C)(C)[C@@H]5CC[C@]43C)[C@@H]12. The molecule has 5 saturated carbocycles. The molecule has 7 nitrogen and oxygen atoms in total. The minimum Gasteiger partial charge on any atom is -0.481 e. The molecule has 1 heterocycles. The molecule has 6 aliphatic rings. The molecule has 0 aromatic heterocycles. The largest absolute Gasteiger partial charge is 0.481 e. The molecule has 2 N–H and O–H groups in total. The van der Waals surface area contributed by atoms with E-state index in [4.69, 9.17) is 4.74 Å². The zero-order valence-electron chi connectivity index (χ0n) is 34.4. The van der Waals surface area contributed by atoms with Gasteiger partial charge >= 0.3 is 11.9 Å². The highest BCUT2D eigenvalue weighted by molar-refractivity contribution is 7.97. The summed E-state index contributed by atoms with van der Waals surface area (Å²) in [5.74, 6) is 5.90. The first kappa shape index (κ1) is 40.3. The van der Waals surface area contributed by atoms with Crippen LogP contribution in [0, 0.1) is 62.1 Å². The summed E-state index contributed by atoms with van der Waals surface area (Å²) in [5, 5.41) is 9.36. The van der Waals surface area contributed by atoms with Crippen molar-refractivity contribution in [1.82, 2.24) is 9.62 Å². The predicted molar refractivity (Wildman–Crippen MR) is 213 cm³/mol. The Kier molecular flexibility index (Phi) is 10.6. The van der Waals surface area contributed by atoms with Crippen molar-refractivity contribution in [3.63, 3.8) is 0 Å². The molecule has 0 amide bonds. The maximum absolute atomic E-state index is 13.3. The second-order valence-electron chi connectivity index (χ2n) is 21.5. The summed E-state index contributed by atoms with van der Waals surface area (Å²) < 4.78 is 22.0. The Labute approximate surface area is 317 Å². The lowest BCUT2D eigenvalue weighted by Crippen LogP contribution is -2.66. The van der Waals surface area contributed by atoms with Crippen LogP contribution >= 0.6 is 0 Å². The topological polar surface area (TPSA) is 95.9 Å². The molecule has 1 aliphatic heterocycles. The first-order valence-electron chi connectivity index (χ1n) is 20.8. The summed E-state index contributed by atoms with van der Waals surface area (Å²) >= 11 is 0. The fraction of sp³-hybridized carbons (Fsp3) is 0.886. The summed E-state index contributed by atoms with van der Waals surface area (Å²) in [5.41, 5.74) is 1.78. The van der Waals surface area contributed by atoms with Gasteiger partial charge in [0.1, 0.15) is 6.10 Å². The highest BCUT2D eigenvalue weighted by Gasteiger charge is 2.71. The lowest BCUT2D eigenvalue weighted by atomic mass is 9.32. The van der Waals surface area contributed by atoms with Crippen molar-refractivity contribution in [2.24, 2.45) is 62.1 Å². The van der Waals surface area contributed by atoms with Crippen molar-refractivity contribution in [2.45, 2.75) is 157 Å². The smallest absolute Gasteiger partial charge is 0.306 e. The number of nitrogens with zero attached hydrogens (tertiary/aromatic N) is 1. The highest BCUT2D eigenvalue weighted by atomic mass is 32.2. The van der Waals surface area contributed by atoms with Crippen molar-refractivity contribution >= 4 is 27.5 Å². The first-order valence-corrected chi connectivity index (χ1v) is 23.0. The minimum absolute atomic E-state index is 0.0382. The van der Waals surface area contributed by atoms with E-state index in [1.54, 1.807) is 6.26 Å². The number of carboxylic acids is 1. The van der Waals surface area contributed by atoms with E-state index in [0.29, 0.717) is 29.1 Å². The minimum atomic E-state index is -2.19. The van der Waals surface area contributed by atoms with Gasteiger partial charge in [0.15, 0.2) is 0 Å². The van der Waals surface area contributed by atoms with Gasteiger partial charge in [-0.1, -0.05) is 60.6 Å². The molecular weight excluding hydrogens is 669 g/mol. The Balaban J connectivity index is 1.19. The molecule has 6 rings (SSSR count). The monoisotopic (exact) mass is 743 g/mol. The molecule has 52 heavy (non-hydrogen) atoms. The number of fused-ring (bicyclic) bond motifs is 7. The maximum atomic E-state index is 13.3. The average molecular weight is 743 g/mol. The van der Waals surface area contributed by atoms with Crippen molar-refractivity contribution in [3.05, 3.63) is 12.2 Å². The van der Waals surface area contributed by atoms with Gasteiger partial charge in [-0.3, -0.25) is 13.8 Å². The fourth-order valence-electron chi connectivity index (χ4n) is 14.8. The molecule has 0 aromatic rings. The number of likely N-dealkylation sites (tertiary alicyclic amines) is 1. The van der Waals surface area contributed by atoms with E-state index >= 15 is 0 Å². The van der Waals surface area contributed by atoms with Crippen LogP contribution in [0.15, 0.2) is 12.2 Å². The molecule has 0 aromatic carbocycles. The normalized spacial score (nSPS) is 44.1. The lowest BCUT2D eigenvalue weighted by Gasteiger charge is -2.73. The number of hydrogen-bond acceptors (Lipinski definition) is 5. The Bertz CT molecular complexity index is 1520. The van der Waals surface area contributed by atoms with Crippen molar-refractivity contribution in [1.29, 1.82) is 0 Å². The van der Waals surface area contributed by atoms with Crippen LogP contribution in [0.25, 0.3) is 0 Å². The third-order valence-corrected chi connectivity index (χ3v) is 18.2. The second kappa shape index (κ2) is 13.7. The summed E-state index contributed by atoms with van der Waals surface area (Å²) in [6.45, 7) is 26.6. The van der Waals surface area contributed by atoms with Crippen molar-refractivity contribution < 1.29 is 23.6 Å². The highest BCUT2D eigenvalue weighted by Crippen LogP contribution is 2.78. The van der Waals surface area contributed by atoms with E-state index < -0.39 is 21.1 Å². The van der Waals surface area contributed by atoms with Crippen LogP contribution in [-0.4, -0.2) is 70.1 Å². The molecule has 2 unspecified atom stereocenters. The quantitative estimate of drug-likeness (QED) is 0.125. The van der Waals surface area contributed by atoms with E-state index in [1.807, 2.05) is 13.8 Å². The Morgan fingerprint density at radius 2 is 1.63 bits per heavy atom. The third kappa shape index (κ3) is 6.99. The number of esters is 1. The number of hydrogen-bond donors (Lipinski definition) is 2. The van der Waals surface area contributed by atoms with E-state index in [9.17, 15) is 18.9 Å². The summed E-state index contributed by atoms with van der Waals surface area (Å²) in [7, 11) is -2.19. The van der Waals surface area contributed by atoms with Gasteiger partial charge in [0, 0.05) is 34.0 Å². The zero-order valence-corrected chi connectivity index (χ0v) is 35.2. The standard InChI is InChI=1S/C44H74N2O5S/c1-29(2)31-14-20-44(23-25-46-24-17-30(28-46)45-52(10,11)50)22-21-42(8)32(38(31)44)12-13-34-41(7)18-16-35(40(5,6)33(41)15-19-43(34,42)9)51-37(49)27-39(3,4)26-36(47)48/h30-35,38H,1,10,12-28H2,2-9,11H3,(H,45,50)(H,47,48)/t30?,31-,32+,33-,34+,35-,38+,41-,42+,43+,44+,52?/m0/s1. The van der Waals surface area contributed by atoms with Gasteiger partial charge in [0.25, 0.3) is 0 Å². The number of nitrogens with one attached hydrogen (secondary N) is 1. The molecular formula is C44H74N2O5S. The lowest BCUT2D eigenvalue weighted by molar-refractivity contribution is -0.250. The molecule has 0 spiro atoms. The van der Waals surface area contributed by atoms with Crippen LogP contribution in [0.1, 0.15) is 145 Å². The van der Waals surface area contributed by atoms with Gasteiger partial charge in [-0.2, -0.15) is 0 Å². The van der Waals surface area contributed by atoms with Gasteiger partial charge in [0.2, 0.25) is 0 Å². The van der Waals surface area contributed by atoms with E-state index in [0.717, 1.165) is 44.8 Å². The van der Waals surface area contributed by atoms with Gasteiger partial charge in [0.05, 0.1) is 12.8 Å². The summed E-state index contributed by atoms with van der Waals surface area (Å²) in [6.07, 6.45) is 16.3. The third-order valence-electron chi connectivity index (χ3n) is 17.3. The molecule has 296 valence electrons. The molecule has 6 fully saturated rings. The number of rotatable bonds is 11. The second-order valence-corrected chi connectivity index (χ2v) is 23.7.